The molecule has 18 heavy (non-hydrogen) atoms. The van der Waals surface area contributed by atoms with Crippen LogP contribution in [-0.2, 0) is 5.41 Å². The molecule has 1 heterocycles. The van der Waals surface area contributed by atoms with Crippen molar-refractivity contribution < 1.29 is 4.74 Å². The van der Waals surface area contributed by atoms with Gasteiger partial charge in [0.2, 0.25) is 0 Å². The van der Waals surface area contributed by atoms with Crippen molar-refractivity contribution in [2.45, 2.75) is 26.2 Å². The molecule has 0 aliphatic carbocycles. The lowest BCUT2D eigenvalue weighted by molar-refractivity contribution is 0.415. The van der Waals surface area contributed by atoms with Crippen LogP contribution in [0.3, 0.4) is 0 Å². The van der Waals surface area contributed by atoms with E-state index >= 15 is 0 Å². The number of nitrogens with one attached hydrogen (secondary N) is 1. The first-order chi connectivity index (χ1) is 8.41. The van der Waals surface area contributed by atoms with E-state index in [4.69, 9.17) is 16.3 Å². The number of aromatic nitrogens is 2. The Morgan fingerprint density at radius 1 is 1.28 bits per heavy atom. The summed E-state index contributed by atoms with van der Waals surface area (Å²) in [4.78, 5) is 7.03. The molecule has 3 nitrogen and oxygen atoms in total. The highest BCUT2D eigenvalue weighted by Gasteiger charge is 2.17. The molecule has 0 saturated carbocycles. The van der Waals surface area contributed by atoms with Crippen molar-refractivity contribution in [3.8, 4) is 17.0 Å². The van der Waals surface area contributed by atoms with Crippen LogP contribution < -0.4 is 4.74 Å². The molecule has 0 atom stereocenters. The summed E-state index contributed by atoms with van der Waals surface area (Å²) in [6.45, 7) is 6.54. The Morgan fingerprint density at radius 2 is 2.00 bits per heavy atom. The van der Waals surface area contributed by atoms with Gasteiger partial charge in [0.05, 0.1) is 19.0 Å². The average molecular weight is 265 g/mol. The van der Waals surface area contributed by atoms with Gasteiger partial charge in [-0.05, 0) is 34.7 Å². The highest BCUT2D eigenvalue weighted by molar-refractivity contribution is 6.28. The molecule has 0 aliphatic heterocycles. The lowest BCUT2D eigenvalue weighted by atomic mass is 9.86. The monoisotopic (exact) mass is 264 g/mol. The number of ether oxygens (including phenoxy) is 1. The van der Waals surface area contributed by atoms with Crippen molar-refractivity contribution in [3.05, 3.63) is 35.2 Å². The maximum atomic E-state index is 5.83. The van der Waals surface area contributed by atoms with Gasteiger partial charge < -0.3 is 9.72 Å². The molecule has 4 heteroatoms. The van der Waals surface area contributed by atoms with Crippen LogP contribution >= 0.6 is 11.6 Å². The number of nitrogens with zero attached hydrogens (tertiary/aromatic N) is 1. The summed E-state index contributed by atoms with van der Waals surface area (Å²) in [5.74, 6) is 0.809. The molecule has 2 rings (SSSR count). The molecule has 0 saturated heterocycles. The van der Waals surface area contributed by atoms with E-state index in [1.54, 1.807) is 13.3 Å². The average Bonchev–Trinajstić information content (AvgIpc) is 2.73. The summed E-state index contributed by atoms with van der Waals surface area (Å²) in [5.41, 5.74) is 3.17. The largest absolute Gasteiger partial charge is 0.496 e. The third-order valence-corrected chi connectivity index (χ3v) is 3.09. The zero-order valence-electron chi connectivity index (χ0n) is 11.0. The molecule has 0 aliphatic rings. The minimum absolute atomic E-state index is 0.0881. The molecule has 0 radical (unpaired) electrons. The molecular formula is C14H17ClN2O. The van der Waals surface area contributed by atoms with E-state index in [2.05, 4.69) is 42.9 Å². The quantitative estimate of drug-likeness (QED) is 0.889. The summed E-state index contributed by atoms with van der Waals surface area (Å²) in [6, 6.07) is 6.17. The Hall–Kier alpha value is -1.48. The number of benzene rings is 1. The first-order valence-corrected chi connectivity index (χ1v) is 6.19. The Labute approximate surface area is 112 Å². The van der Waals surface area contributed by atoms with E-state index in [0.717, 1.165) is 17.0 Å². The van der Waals surface area contributed by atoms with E-state index in [-0.39, 0.29) is 5.41 Å². The van der Waals surface area contributed by atoms with Crippen molar-refractivity contribution in [1.82, 2.24) is 9.97 Å². The standard InChI is InChI=1S/C14H17ClN2O/c1-14(2,3)9-5-6-12(18-4)10(7-9)11-8-16-13(15)17-11/h5-8H,1-4H3,(H,16,17). The van der Waals surface area contributed by atoms with Crippen LogP contribution in [0.15, 0.2) is 24.4 Å². The SMILES string of the molecule is COc1ccc(C(C)(C)C)cc1-c1cnc(Cl)[nH]1. The Balaban J connectivity index is 2.56. The van der Waals surface area contributed by atoms with Crippen LogP contribution in [0.1, 0.15) is 26.3 Å². The maximum absolute atomic E-state index is 5.83. The van der Waals surface area contributed by atoms with Crippen molar-refractivity contribution >= 4 is 11.6 Å². The zero-order chi connectivity index (χ0) is 13.3. The fraction of sp³-hybridized carbons (Fsp3) is 0.357. The van der Waals surface area contributed by atoms with Crippen molar-refractivity contribution in [3.63, 3.8) is 0 Å². The van der Waals surface area contributed by atoms with Gasteiger partial charge in [0.1, 0.15) is 5.75 Å². The van der Waals surface area contributed by atoms with Crippen molar-refractivity contribution in [2.24, 2.45) is 0 Å². The highest BCUT2D eigenvalue weighted by atomic mass is 35.5. The van der Waals surface area contributed by atoms with Gasteiger partial charge in [-0.3, -0.25) is 0 Å². The summed E-state index contributed by atoms with van der Waals surface area (Å²) < 4.78 is 5.39. The molecule has 2 aromatic rings. The summed E-state index contributed by atoms with van der Waals surface area (Å²) in [7, 11) is 1.66. The van der Waals surface area contributed by atoms with E-state index in [9.17, 15) is 0 Å². The normalized spacial score (nSPS) is 11.6. The van der Waals surface area contributed by atoms with Gasteiger partial charge >= 0.3 is 0 Å². The molecule has 1 N–H and O–H groups in total. The molecule has 1 aromatic carbocycles. The molecule has 0 bridgehead atoms. The second-order valence-corrected chi connectivity index (χ2v) is 5.61. The number of rotatable bonds is 2. The first-order valence-electron chi connectivity index (χ1n) is 5.81. The minimum Gasteiger partial charge on any atom is -0.496 e. The van der Waals surface area contributed by atoms with Crippen LogP contribution in [0.2, 0.25) is 5.28 Å². The number of methoxy groups -OCH3 is 1. The third kappa shape index (κ3) is 2.51. The second kappa shape index (κ2) is 4.65. The predicted octanol–water partition coefficient (Wildman–Crippen LogP) is 4.04. The number of imidazole rings is 1. The van der Waals surface area contributed by atoms with Crippen LogP contribution in [-0.4, -0.2) is 17.1 Å². The number of H-pyrrole nitrogens is 1. The fourth-order valence-electron chi connectivity index (χ4n) is 1.82. The Morgan fingerprint density at radius 3 is 2.50 bits per heavy atom. The number of halogens is 1. The summed E-state index contributed by atoms with van der Waals surface area (Å²) in [5, 5.41) is 0.383. The molecule has 1 aromatic heterocycles. The maximum Gasteiger partial charge on any atom is 0.200 e. The predicted molar refractivity (Wildman–Crippen MR) is 74.3 cm³/mol. The van der Waals surface area contributed by atoms with Crippen molar-refractivity contribution in [2.75, 3.05) is 7.11 Å². The molecule has 0 amide bonds. The highest BCUT2D eigenvalue weighted by Crippen LogP contribution is 2.34. The number of aromatic amines is 1. The van der Waals surface area contributed by atoms with E-state index in [1.807, 2.05) is 6.07 Å². The van der Waals surface area contributed by atoms with Crippen LogP contribution in [0.5, 0.6) is 5.75 Å². The van der Waals surface area contributed by atoms with E-state index < -0.39 is 0 Å². The van der Waals surface area contributed by atoms with Crippen LogP contribution in [0, 0.1) is 0 Å². The van der Waals surface area contributed by atoms with Gasteiger partial charge in [0, 0.05) is 5.56 Å². The third-order valence-electron chi connectivity index (χ3n) is 2.90. The van der Waals surface area contributed by atoms with Crippen molar-refractivity contribution in [1.29, 1.82) is 0 Å². The second-order valence-electron chi connectivity index (χ2n) is 5.25. The molecule has 0 spiro atoms. The first kappa shape index (κ1) is 13.0. The zero-order valence-corrected chi connectivity index (χ0v) is 11.8. The van der Waals surface area contributed by atoms with Gasteiger partial charge in [-0.2, -0.15) is 0 Å². The van der Waals surface area contributed by atoms with Gasteiger partial charge in [-0.15, -0.1) is 0 Å². The Bertz CT molecular complexity index is 555. The Kier molecular flexibility index (Phi) is 3.35. The van der Waals surface area contributed by atoms with E-state index in [1.165, 1.54) is 5.56 Å². The van der Waals surface area contributed by atoms with Gasteiger partial charge in [0.15, 0.2) is 5.28 Å². The molecule has 96 valence electrons. The summed E-state index contributed by atoms with van der Waals surface area (Å²) >= 11 is 5.83. The lowest BCUT2D eigenvalue weighted by Crippen LogP contribution is -2.11. The van der Waals surface area contributed by atoms with Gasteiger partial charge in [-0.1, -0.05) is 26.8 Å². The van der Waals surface area contributed by atoms with Gasteiger partial charge in [-0.25, -0.2) is 4.98 Å². The molecule has 0 unspecified atom stereocenters. The number of hydrogen-bond donors (Lipinski definition) is 1. The van der Waals surface area contributed by atoms with E-state index in [0.29, 0.717) is 5.28 Å². The minimum atomic E-state index is 0.0881. The lowest BCUT2D eigenvalue weighted by Gasteiger charge is -2.20. The fourth-order valence-corrected chi connectivity index (χ4v) is 1.97. The topological polar surface area (TPSA) is 37.9 Å². The molecule has 0 fully saturated rings. The van der Waals surface area contributed by atoms with Crippen LogP contribution in [0.4, 0.5) is 0 Å². The van der Waals surface area contributed by atoms with Gasteiger partial charge in [0.25, 0.3) is 0 Å². The number of hydrogen-bond acceptors (Lipinski definition) is 2. The summed E-state index contributed by atoms with van der Waals surface area (Å²) in [6.07, 6.45) is 1.71. The molecular weight excluding hydrogens is 248 g/mol. The smallest absolute Gasteiger partial charge is 0.200 e. The van der Waals surface area contributed by atoms with Crippen LogP contribution in [0.25, 0.3) is 11.3 Å².